The maximum atomic E-state index is 2.45. The molecule has 0 N–H and O–H groups in total. The van der Waals surface area contributed by atoms with Gasteiger partial charge in [-0.3, -0.25) is 0 Å². The molecule has 0 saturated heterocycles. The van der Waals surface area contributed by atoms with Crippen molar-refractivity contribution in [2.45, 2.75) is 75.3 Å². The monoisotopic (exact) mass is 251 g/mol. The van der Waals surface area contributed by atoms with Crippen LogP contribution < -0.4 is 0 Å². The van der Waals surface area contributed by atoms with Crippen LogP contribution in [-0.4, -0.2) is 13.9 Å². The summed E-state index contributed by atoms with van der Waals surface area (Å²) in [5.74, 6) is 4.89. The van der Waals surface area contributed by atoms with E-state index in [0.717, 1.165) is 0 Å². The van der Waals surface area contributed by atoms with Crippen LogP contribution in [0.3, 0.4) is 0 Å². The van der Waals surface area contributed by atoms with E-state index in [4.69, 9.17) is 0 Å². The molecule has 0 amide bonds. The average Bonchev–Trinajstić information content (AvgIpc) is 2.09. The molecule has 0 saturated carbocycles. The van der Waals surface area contributed by atoms with Crippen molar-refractivity contribution in [2.24, 2.45) is 0 Å². The average molecular weight is 250 g/mol. The van der Waals surface area contributed by atoms with Crippen molar-refractivity contribution in [3.63, 3.8) is 0 Å². The standard InChI is InChI=1S/C12H27Se/c1-4-5-6-7-8-9-10-11-12-13(2)3/h4-12H2,1-3H3/q+1. The zero-order valence-electron chi connectivity index (χ0n) is 9.77. The first-order chi connectivity index (χ1) is 6.27. The molecule has 0 aromatic rings. The third kappa shape index (κ3) is 12.5. The predicted octanol–water partition coefficient (Wildman–Crippen LogP) is 4.88. The topological polar surface area (TPSA) is 0 Å². The van der Waals surface area contributed by atoms with Gasteiger partial charge < -0.3 is 0 Å². The Kier molecular flexibility index (Phi) is 11.0. The molecule has 0 aliphatic heterocycles. The summed E-state index contributed by atoms with van der Waals surface area (Å²) in [6, 6.07) is 0. The maximum absolute atomic E-state index is 2.45. The second-order valence-corrected chi connectivity index (χ2v) is 9.16. The molecule has 0 radical (unpaired) electrons. The van der Waals surface area contributed by atoms with Gasteiger partial charge in [0.25, 0.3) is 0 Å². The normalized spacial score (nSPS) is 11.1. The molecular weight excluding hydrogens is 223 g/mol. The summed E-state index contributed by atoms with van der Waals surface area (Å²) in [5, 5.41) is 1.55. The Balaban J connectivity index is 2.84. The molecule has 0 rings (SSSR count). The molecule has 0 heterocycles. The Bertz CT molecular complexity index is 89.1. The molecule has 0 nitrogen and oxygen atoms in total. The first-order valence-corrected chi connectivity index (χ1v) is 10.4. The molecule has 0 aromatic carbocycles. The number of hydrogen-bond donors (Lipinski definition) is 0. The number of hydrogen-bond acceptors (Lipinski definition) is 0. The van der Waals surface area contributed by atoms with E-state index < -0.39 is 0 Å². The van der Waals surface area contributed by atoms with Gasteiger partial charge in [0.05, 0.1) is 0 Å². The van der Waals surface area contributed by atoms with Gasteiger partial charge in [0.2, 0.25) is 0 Å². The van der Waals surface area contributed by atoms with E-state index in [9.17, 15) is 0 Å². The molecular formula is C12H27Se+. The molecule has 0 spiro atoms. The van der Waals surface area contributed by atoms with Gasteiger partial charge in [-0.15, -0.1) is 0 Å². The Morgan fingerprint density at radius 2 is 1.15 bits per heavy atom. The molecule has 0 aliphatic rings. The van der Waals surface area contributed by atoms with Gasteiger partial charge in [0.15, 0.2) is 0 Å². The van der Waals surface area contributed by atoms with Crippen molar-refractivity contribution in [1.29, 1.82) is 0 Å². The Morgan fingerprint density at radius 1 is 0.692 bits per heavy atom. The van der Waals surface area contributed by atoms with E-state index in [1.807, 2.05) is 0 Å². The fourth-order valence-electron chi connectivity index (χ4n) is 1.52. The Hall–Kier alpha value is 0.519. The third-order valence-electron chi connectivity index (χ3n) is 2.41. The second kappa shape index (κ2) is 10.6. The van der Waals surface area contributed by atoms with E-state index in [1.54, 1.807) is 5.32 Å². The van der Waals surface area contributed by atoms with Crippen LogP contribution in [0.1, 0.15) is 58.3 Å². The van der Waals surface area contributed by atoms with Crippen LogP contribution in [0.15, 0.2) is 0 Å². The fraction of sp³-hybridized carbons (Fsp3) is 1.00. The van der Waals surface area contributed by atoms with E-state index >= 15 is 0 Å². The van der Waals surface area contributed by atoms with Crippen molar-refractivity contribution < 1.29 is 0 Å². The van der Waals surface area contributed by atoms with E-state index in [1.165, 1.54) is 51.4 Å². The number of unbranched alkanes of at least 4 members (excludes halogenated alkanes) is 7. The predicted molar refractivity (Wildman–Crippen MR) is 64.9 cm³/mol. The first-order valence-electron chi connectivity index (χ1n) is 5.81. The molecule has 0 fully saturated rings. The van der Waals surface area contributed by atoms with Crippen molar-refractivity contribution >= 4 is 13.9 Å². The molecule has 1 heteroatoms. The SMILES string of the molecule is CCCCCCCCCC[Se+](C)C. The second-order valence-electron chi connectivity index (χ2n) is 4.16. The quantitative estimate of drug-likeness (QED) is 0.404. The fourth-order valence-corrected chi connectivity index (χ4v) is 3.16. The van der Waals surface area contributed by atoms with Crippen molar-refractivity contribution in [3.8, 4) is 0 Å². The summed E-state index contributed by atoms with van der Waals surface area (Å²) in [4.78, 5) is 0. The summed E-state index contributed by atoms with van der Waals surface area (Å²) in [7, 11) is 0. The minimum atomic E-state index is -0.126. The van der Waals surface area contributed by atoms with Crippen LogP contribution in [-0.2, 0) is 0 Å². The van der Waals surface area contributed by atoms with Crippen LogP contribution in [0, 0.1) is 0 Å². The van der Waals surface area contributed by atoms with Gasteiger partial charge in [0.1, 0.15) is 0 Å². The third-order valence-corrected chi connectivity index (χ3v) is 4.72. The molecule has 0 aliphatic carbocycles. The zero-order valence-corrected chi connectivity index (χ0v) is 11.5. The van der Waals surface area contributed by atoms with Crippen LogP contribution in [0.25, 0.3) is 0 Å². The van der Waals surface area contributed by atoms with Gasteiger partial charge in [-0.2, -0.15) is 0 Å². The van der Waals surface area contributed by atoms with Gasteiger partial charge in [-0.1, -0.05) is 0 Å². The molecule has 0 bridgehead atoms. The van der Waals surface area contributed by atoms with Crippen molar-refractivity contribution in [3.05, 3.63) is 0 Å². The van der Waals surface area contributed by atoms with Crippen molar-refractivity contribution in [1.82, 2.24) is 0 Å². The summed E-state index contributed by atoms with van der Waals surface area (Å²) in [6.45, 7) is 2.28. The van der Waals surface area contributed by atoms with Crippen LogP contribution in [0.4, 0.5) is 0 Å². The van der Waals surface area contributed by atoms with Crippen LogP contribution in [0.5, 0.6) is 0 Å². The molecule has 0 atom stereocenters. The Morgan fingerprint density at radius 3 is 1.62 bits per heavy atom. The van der Waals surface area contributed by atoms with E-state index in [0.29, 0.717) is 0 Å². The molecule has 13 heavy (non-hydrogen) atoms. The summed E-state index contributed by atoms with van der Waals surface area (Å²) < 4.78 is 0. The summed E-state index contributed by atoms with van der Waals surface area (Å²) in [6.07, 6.45) is 11.7. The first kappa shape index (κ1) is 13.5. The Labute approximate surface area is 89.4 Å². The molecule has 0 aromatic heterocycles. The minimum absolute atomic E-state index is 0.126. The number of rotatable bonds is 9. The zero-order chi connectivity index (χ0) is 9.94. The van der Waals surface area contributed by atoms with Gasteiger partial charge >= 0.3 is 89.2 Å². The van der Waals surface area contributed by atoms with Crippen LogP contribution >= 0.6 is 0 Å². The van der Waals surface area contributed by atoms with Crippen molar-refractivity contribution in [2.75, 3.05) is 0 Å². The molecule has 0 unspecified atom stereocenters. The summed E-state index contributed by atoms with van der Waals surface area (Å²) >= 11 is -0.126. The van der Waals surface area contributed by atoms with Gasteiger partial charge in [-0.05, 0) is 0 Å². The molecule has 80 valence electrons. The van der Waals surface area contributed by atoms with Gasteiger partial charge in [0, 0.05) is 0 Å². The van der Waals surface area contributed by atoms with E-state index in [-0.39, 0.29) is 13.9 Å². The van der Waals surface area contributed by atoms with Gasteiger partial charge in [-0.25, -0.2) is 0 Å². The van der Waals surface area contributed by atoms with E-state index in [2.05, 4.69) is 18.6 Å². The van der Waals surface area contributed by atoms with Crippen LogP contribution in [0.2, 0.25) is 17.0 Å². The summed E-state index contributed by atoms with van der Waals surface area (Å²) in [5.41, 5.74) is 0.